The molecule has 0 unspecified atom stereocenters. The molecule has 2 aromatic carbocycles. The Labute approximate surface area is 206 Å². The van der Waals surface area contributed by atoms with E-state index in [1.165, 1.54) is 0 Å². The van der Waals surface area contributed by atoms with Gasteiger partial charge in [-0.3, -0.25) is 9.78 Å². The topological polar surface area (TPSA) is 86.3 Å². The minimum atomic E-state index is -2.64. The van der Waals surface area contributed by atoms with Gasteiger partial charge >= 0.3 is 0 Å². The number of hydrogen-bond acceptors (Lipinski definition) is 5. The highest BCUT2D eigenvalue weighted by atomic mass is 16.5. The Hall–Kier alpha value is -3.99. The van der Waals surface area contributed by atoms with Gasteiger partial charge in [0.15, 0.2) is 0 Å². The third kappa shape index (κ3) is 2.72. The van der Waals surface area contributed by atoms with Crippen LogP contribution in [0.5, 0.6) is 0 Å². The Bertz CT molecular complexity index is 1680. The predicted molar refractivity (Wildman–Crippen MR) is 132 cm³/mol. The van der Waals surface area contributed by atoms with E-state index in [4.69, 9.17) is 26.0 Å². The van der Waals surface area contributed by atoms with Gasteiger partial charge in [-0.25, -0.2) is 4.98 Å². The maximum atomic E-state index is 13.6. The first-order valence-electron chi connectivity index (χ1n) is 13.0. The molecule has 0 radical (unpaired) electrons. The summed E-state index contributed by atoms with van der Waals surface area (Å²) in [6, 6.07) is 13.9. The van der Waals surface area contributed by atoms with E-state index in [0.717, 1.165) is 32.8 Å². The molecule has 0 saturated carbocycles. The number of aromatic nitrogens is 3. The fourth-order valence-electron chi connectivity index (χ4n) is 5.58. The van der Waals surface area contributed by atoms with Crippen molar-refractivity contribution < 1.29 is 13.6 Å². The summed E-state index contributed by atoms with van der Waals surface area (Å²) < 4.78 is 31.9. The molecule has 172 valence electrons. The maximum absolute atomic E-state index is 13.6. The standard InChI is InChI=1S/C28H23N5O2/c1-3-16-5-4-6-19-25(16)22-12-23(32(2)27(19)34)26-31-20-9-7-17(11-21(20)33(22)26)18-8-10-24(30-13-18)28(29)14-35-15-28/h1,4-11,13,22-23H,12,14-15,29H2,2H3/t22-,23-/m1/s1/i2D3. The number of nitrogens with zero attached hydrogens (tertiary/aromatic N) is 4. The van der Waals surface area contributed by atoms with E-state index >= 15 is 0 Å². The van der Waals surface area contributed by atoms with Crippen LogP contribution in [0.2, 0.25) is 0 Å². The van der Waals surface area contributed by atoms with Gasteiger partial charge in [-0.1, -0.05) is 24.1 Å². The van der Waals surface area contributed by atoms with Crippen molar-refractivity contribution in [1.82, 2.24) is 19.4 Å². The number of carbonyl (C=O) groups excluding carboxylic acids is 1. The first kappa shape index (κ1) is 17.4. The first-order valence-corrected chi connectivity index (χ1v) is 11.5. The Morgan fingerprint density at radius 2 is 2.06 bits per heavy atom. The Balaban J connectivity index is 1.41. The molecular weight excluding hydrogens is 438 g/mol. The van der Waals surface area contributed by atoms with E-state index in [0.29, 0.717) is 42.1 Å². The summed E-state index contributed by atoms with van der Waals surface area (Å²) in [6.45, 7) is -1.74. The fraction of sp³-hybridized carbons (Fsp3) is 0.250. The van der Waals surface area contributed by atoms with E-state index in [-0.39, 0.29) is 6.04 Å². The van der Waals surface area contributed by atoms with Crippen molar-refractivity contribution in [3.63, 3.8) is 0 Å². The SMILES string of the molecule is [2H]C([2H])([2H])N1C(=O)c2cccc(C#C)c2[C@H]2C[C@@H]1c1nc3ccc(-c4ccc(C5(N)COC5)nc4)cc3n12. The molecule has 7 rings (SSSR count). The second-order valence-electron chi connectivity index (χ2n) is 9.48. The van der Waals surface area contributed by atoms with Crippen LogP contribution in [0.4, 0.5) is 0 Å². The normalized spacial score (nSPS) is 23.4. The number of terminal acetylenes is 1. The number of carbonyl (C=O) groups is 1. The molecule has 35 heavy (non-hydrogen) atoms. The van der Waals surface area contributed by atoms with Gasteiger partial charge in [0.05, 0.1) is 42.0 Å². The zero-order valence-electron chi connectivity index (χ0n) is 21.7. The average molecular weight is 465 g/mol. The number of rotatable bonds is 2. The molecule has 0 aliphatic carbocycles. The average Bonchev–Trinajstić information content (AvgIpc) is 3.39. The smallest absolute Gasteiger partial charge is 0.254 e. The summed E-state index contributed by atoms with van der Waals surface area (Å²) in [6.07, 6.45) is 8.04. The molecular formula is C28H23N5O2. The summed E-state index contributed by atoms with van der Waals surface area (Å²) in [5.41, 5.74) is 11.6. The summed E-state index contributed by atoms with van der Waals surface area (Å²) in [5.74, 6) is 2.70. The lowest BCUT2D eigenvalue weighted by Gasteiger charge is -2.37. The van der Waals surface area contributed by atoms with Gasteiger partial charge < -0.3 is 19.9 Å². The summed E-state index contributed by atoms with van der Waals surface area (Å²) in [4.78, 5) is 24.0. The molecule has 1 amide bonds. The largest absolute Gasteiger partial charge is 0.377 e. The van der Waals surface area contributed by atoms with Gasteiger partial charge in [0, 0.05) is 46.0 Å². The van der Waals surface area contributed by atoms with Crippen molar-refractivity contribution in [1.29, 1.82) is 0 Å². The molecule has 2 N–H and O–H groups in total. The minimum Gasteiger partial charge on any atom is -0.377 e. The number of hydrogen-bond donors (Lipinski definition) is 1. The molecule has 5 heterocycles. The number of nitrogens with two attached hydrogens (primary N) is 1. The van der Waals surface area contributed by atoms with Crippen LogP contribution < -0.4 is 5.73 Å². The van der Waals surface area contributed by atoms with Crippen LogP contribution in [-0.2, 0) is 10.3 Å². The highest BCUT2D eigenvalue weighted by molar-refractivity contribution is 5.98. The number of pyridine rings is 1. The Morgan fingerprint density at radius 3 is 2.77 bits per heavy atom. The van der Waals surface area contributed by atoms with E-state index in [1.54, 1.807) is 24.4 Å². The summed E-state index contributed by atoms with van der Waals surface area (Å²) in [7, 11) is 0. The van der Waals surface area contributed by atoms with Crippen molar-refractivity contribution in [3.8, 4) is 23.5 Å². The van der Waals surface area contributed by atoms with Crippen LogP contribution in [0.1, 0.15) is 55.6 Å². The Kier molecular flexibility index (Phi) is 3.50. The number of imidazole rings is 1. The second-order valence-corrected chi connectivity index (χ2v) is 9.48. The van der Waals surface area contributed by atoms with Crippen LogP contribution in [-0.4, -0.2) is 45.5 Å². The molecule has 4 aromatic rings. The first-order chi connectivity index (χ1) is 18.2. The zero-order valence-corrected chi connectivity index (χ0v) is 18.7. The predicted octanol–water partition coefficient (Wildman–Crippen LogP) is 3.38. The number of fused-ring (bicyclic) bond motifs is 9. The minimum absolute atomic E-state index is 0.322. The van der Waals surface area contributed by atoms with E-state index in [2.05, 4.69) is 15.5 Å². The monoisotopic (exact) mass is 464 g/mol. The van der Waals surface area contributed by atoms with Crippen molar-refractivity contribution in [2.24, 2.45) is 5.73 Å². The third-order valence-corrected chi connectivity index (χ3v) is 7.45. The molecule has 7 nitrogen and oxygen atoms in total. The molecule has 2 bridgehead atoms. The molecule has 1 fully saturated rings. The van der Waals surface area contributed by atoms with Gasteiger partial charge in [0.1, 0.15) is 11.4 Å². The van der Waals surface area contributed by atoms with Crippen LogP contribution in [0.15, 0.2) is 54.7 Å². The van der Waals surface area contributed by atoms with Gasteiger partial charge in [-0.2, -0.15) is 0 Å². The lowest BCUT2D eigenvalue weighted by Crippen LogP contribution is -2.54. The lowest BCUT2D eigenvalue weighted by molar-refractivity contribution is -0.0590. The van der Waals surface area contributed by atoms with Crippen LogP contribution in [0.3, 0.4) is 0 Å². The molecule has 3 aliphatic rings. The van der Waals surface area contributed by atoms with Crippen LogP contribution >= 0.6 is 0 Å². The molecule has 0 spiro atoms. The molecule has 1 saturated heterocycles. The second kappa shape index (κ2) is 7.01. The summed E-state index contributed by atoms with van der Waals surface area (Å²) in [5, 5.41) is 0. The van der Waals surface area contributed by atoms with Gasteiger partial charge in [-0.15, -0.1) is 6.42 Å². The third-order valence-electron chi connectivity index (χ3n) is 7.45. The van der Waals surface area contributed by atoms with Crippen molar-refractivity contribution in [2.45, 2.75) is 24.0 Å². The van der Waals surface area contributed by atoms with Gasteiger partial charge in [0.2, 0.25) is 0 Å². The highest BCUT2D eigenvalue weighted by Gasteiger charge is 2.44. The molecule has 7 heteroatoms. The van der Waals surface area contributed by atoms with Gasteiger partial charge in [0.25, 0.3) is 5.91 Å². The Morgan fingerprint density at radius 1 is 1.20 bits per heavy atom. The zero-order chi connectivity index (χ0) is 26.4. The van der Waals surface area contributed by atoms with E-state index < -0.39 is 24.5 Å². The number of ether oxygens (including phenoxy) is 1. The number of benzene rings is 2. The van der Waals surface area contributed by atoms with E-state index in [9.17, 15) is 4.79 Å². The molecule has 2 atom stereocenters. The van der Waals surface area contributed by atoms with Crippen molar-refractivity contribution >= 4 is 16.9 Å². The number of amides is 1. The quantitative estimate of drug-likeness (QED) is 0.460. The van der Waals surface area contributed by atoms with Crippen LogP contribution in [0, 0.1) is 12.3 Å². The molecule has 3 aliphatic heterocycles. The maximum Gasteiger partial charge on any atom is 0.254 e. The highest BCUT2D eigenvalue weighted by Crippen LogP contribution is 2.48. The van der Waals surface area contributed by atoms with Crippen molar-refractivity contribution in [2.75, 3.05) is 20.2 Å². The van der Waals surface area contributed by atoms with Crippen LogP contribution in [0.25, 0.3) is 22.2 Å². The molecule has 2 aromatic heterocycles. The summed E-state index contributed by atoms with van der Waals surface area (Å²) >= 11 is 0. The van der Waals surface area contributed by atoms with Gasteiger partial charge in [-0.05, 0) is 35.9 Å². The fourth-order valence-corrected chi connectivity index (χ4v) is 5.58. The van der Waals surface area contributed by atoms with E-state index in [1.807, 2.05) is 30.3 Å². The lowest BCUT2D eigenvalue weighted by atomic mass is 9.93. The van der Waals surface area contributed by atoms with Crippen molar-refractivity contribution in [3.05, 3.63) is 82.9 Å².